The summed E-state index contributed by atoms with van der Waals surface area (Å²) in [6.07, 6.45) is -4.11. The van der Waals surface area contributed by atoms with Crippen LogP contribution in [0.25, 0.3) is 11.0 Å². The Morgan fingerprint density at radius 1 is 1.35 bits per heavy atom. The zero-order valence-electron chi connectivity index (χ0n) is 11.1. The first-order chi connectivity index (χ1) is 9.26. The number of fused-ring (bicyclic) bond motifs is 1. The van der Waals surface area contributed by atoms with Gasteiger partial charge >= 0.3 is 6.18 Å². The lowest BCUT2D eigenvalue weighted by Crippen LogP contribution is -2.36. The minimum Gasteiger partial charge on any atom is -0.311 e. The molecule has 1 saturated carbocycles. The third-order valence-electron chi connectivity index (χ3n) is 3.87. The quantitative estimate of drug-likeness (QED) is 0.736. The third-order valence-corrected chi connectivity index (χ3v) is 4.07. The Bertz CT molecular complexity index is 669. The fourth-order valence-corrected chi connectivity index (χ4v) is 2.82. The normalized spacial score (nSPS) is 19.3. The molecule has 1 unspecified atom stereocenters. The van der Waals surface area contributed by atoms with Crippen molar-refractivity contribution in [2.75, 3.05) is 0 Å². The molecule has 0 spiro atoms. The number of alkyl halides is 4. The lowest BCUT2D eigenvalue weighted by Gasteiger charge is -2.24. The predicted molar refractivity (Wildman–Crippen MR) is 72.0 cm³/mol. The van der Waals surface area contributed by atoms with Crippen molar-refractivity contribution in [1.29, 1.82) is 0 Å². The molecule has 2 aromatic rings. The second kappa shape index (κ2) is 4.13. The second-order valence-electron chi connectivity index (χ2n) is 5.44. The first-order valence-corrected chi connectivity index (χ1v) is 6.90. The van der Waals surface area contributed by atoms with E-state index in [4.69, 9.17) is 11.6 Å². The van der Waals surface area contributed by atoms with Crippen LogP contribution in [0, 0.1) is 6.92 Å². The molecular weight excluding hydrogens is 289 g/mol. The maximum atomic E-state index is 13.4. The summed E-state index contributed by atoms with van der Waals surface area (Å²) in [4.78, 5) is 4.30. The predicted octanol–water partition coefficient (Wildman–Crippen LogP) is 4.70. The van der Waals surface area contributed by atoms with Crippen LogP contribution in [0.1, 0.15) is 36.5 Å². The molecule has 1 fully saturated rings. The van der Waals surface area contributed by atoms with Crippen LogP contribution in [0.5, 0.6) is 0 Å². The van der Waals surface area contributed by atoms with Gasteiger partial charge in [-0.25, -0.2) is 4.98 Å². The average Bonchev–Trinajstić information content (AvgIpc) is 3.05. The van der Waals surface area contributed by atoms with E-state index in [0.29, 0.717) is 16.9 Å². The number of aromatic nitrogens is 2. The fraction of sp³-hybridized carbons (Fsp3) is 0.500. The first-order valence-electron chi connectivity index (χ1n) is 6.46. The SMILES string of the molecule is Cc1ccc2nc(C(C)Cl)n(C3(C(F)(F)F)CC3)c2c1. The molecule has 6 heteroatoms. The number of hydrogen-bond donors (Lipinski definition) is 0. The molecule has 20 heavy (non-hydrogen) atoms. The van der Waals surface area contributed by atoms with Crippen LogP contribution in [-0.4, -0.2) is 15.7 Å². The summed E-state index contributed by atoms with van der Waals surface area (Å²) < 4.78 is 41.6. The van der Waals surface area contributed by atoms with E-state index in [0.717, 1.165) is 5.56 Å². The van der Waals surface area contributed by atoms with Crippen molar-refractivity contribution in [3.63, 3.8) is 0 Å². The van der Waals surface area contributed by atoms with Crippen molar-refractivity contribution in [1.82, 2.24) is 9.55 Å². The van der Waals surface area contributed by atoms with Crippen molar-refractivity contribution in [3.8, 4) is 0 Å². The summed E-state index contributed by atoms with van der Waals surface area (Å²) in [5.41, 5.74) is 0.162. The smallest absolute Gasteiger partial charge is 0.311 e. The lowest BCUT2D eigenvalue weighted by molar-refractivity contribution is -0.179. The molecule has 3 rings (SSSR count). The van der Waals surface area contributed by atoms with Crippen LogP contribution in [0.2, 0.25) is 0 Å². The van der Waals surface area contributed by atoms with Crippen molar-refractivity contribution < 1.29 is 13.2 Å². The number of halogens is 4. The highest BCUT2D eigenvalue weighted by molar-refractivity contribution is 6.20. The topological polar surface area (TPSA) is 17.8 Å². The van der Waals surface area contributed by atoms with Gasteiger partial charge < -0.3 is 4.57 Å². The highest BCUT2D eigenvalue weighted by atomic mass is 35.5. The van der Waals surface area contributed by atoms with Crippen molar-refractivity contribution in [2.45, 2.75) is 43.8 Å². The van der Waals surface area contributed by atoms with E-state index in [-0.39, 0.29) is 12.8 Å². The average molecular weight is 303 g/mol. The molecule has 0 bridgehead atoms. The largest absolute Gasteiger partial charge is 0.412 e. The van der Waals surface area contributed by atoms with Crippen molar-refractivity contribution >= 4 is 22.6 Å². The summed E-state index contributed by atoms with van der Waals surface area (Å²) in [6, 6.07) is 5.34. The van der Waals surface area contributed by atoms with Crippen LogP contribution >= 0.6 is 11.6 Å². The Morgan fingerprint density at radius 2 is 2.00 bits per heavy atom. The van der Waals surface area contributed by atoms with Gasteiger partial charge in [-0.3, -0.25) is 0 Å². The van der Waals surface area contributed by atoms with Crippen LogP contribution in [0.15, 0.2) is 18.2 Å². The molecule has 2 nitrogen and oxygen atoms in total. The van der Waals surface area contributed by atoms with Gasteiger partial charge in [0.15, 0.2) is 0 Å². The van der Waals surface area contributed by atoms with Gasteiger partial charge in [0.25, 0.3) is 0 Å². The van der Waals surface area contributed by atoms with E-state index in [2.05, 4.69) is 4.98 Å². The van der Waals surface area contributed by atoms with E-state index in [1.165, 1.54) is 4.57 Å². The Morgan fingerprint density at radius 3 is 2.50 bits per heavy atom. The van der Waals surface area contributed by atoms with Gasteiger partial charge in [-0.1, -0.05) is 6.07 Å². The highest BCUT2D eigenvalue weighted by Gasteiger charge is 2.66. The molecule has 1 heterocycles. The summed E-state index contributed by atoms with van der Waals surface area (Å²) in [6.45, 7) is 3.51. The minimum absolute atomic E-state index is 0.0898. The summed E-state index contributed by atoms with van der Waals surface area (Å²) >= 11 is 6.05. The van der Waals surface area contributed by atoms with Crippen molar-refractivity contribution in [3.05, 3.63) is 29.6 Å². The maximum Gasteiger partial charge on any atom is 0.412 e. The second-order valence-corrected chi connectivity index (χ2v) is 6.10. The molecule has 0 saturated heterocycles. The summed E-state index contributed by atoms with van der Waals surface area (Å²) in [5.74, 6) is 0.294. The number of rotatable bonds is 2. The molecule has 1 aromatic carbocycles. The molecular formula is C14H14ClF3N2. The summed E-state index contributed by atoms with van der Waals surface area (Å²) in [7, 11) is 0. The molecule has 108 valence electrons. The molecule has 0 radical (unpaired) electrons. The number of aryl methyl sites for hydroxylation is 1. The number of benzene rings is 1. The monoisotopic (exact) mass is 302 g/mol. The van der Waals surface area contributed by atoms with E-state index in [9.17, 15) is 13.2 Å². The molecule has 1 aromatic heterocycles. The summed E-state index contributed by atoms with van der Waals surface area (Å²) in [5, 5.41) is -0.567. The van der Waals surface area contributed by atoms with E-state index in [1.807, 2.05) is 13.0 Å². The Hall–Kier alpha value is -1.23. The zero-order chi connectivity index (χ0) is 14.7. The molecule has 0 N–H and O–H groups in total. The van der Waals surface area contributed by atoms with E-state index in [1.54, 1.807) is 19.1 Å². The Labute approximate surface area is 119 Å². The van der Waals surface area contributed by atoms with Gasteiger partial charge in [0.05, 0.1) is 16.4 Å². The highest BCUT2D eigenvalue weighted by Crippen LogP contribution is 2.57. The Balaban J connectivity index is 2.33. The number of hydrogen-bond acceptors (Lipinski definition) is 1. The van der Waals surface area contributed by atoms with Crippen LogP contribution in [0.3, 0.4) is 0 Å². The van der Waals surface area contributed by atoms with Gasteiger partial charge in [0.1, 0.15) is 11.4 Å². The zero-order valence-corrected chi connectivity index (χ0v) is 11.9. The van der Waals surface area contributed by atoms with Crippen molar-refractivity contribution in [2.24, 2.45) is 0 Å². The molecule has 1 atom stereocenters. The minimum atomic E-state index is -4.29. The van der Waals surface area contributed by atoms with E-state index < -0.39 is 17.1 Å². The Kier molecular flexibility index (Phi) is 2.84. The van der Waals surface area contributed by atoms with E-state index >= 15 is 0 Å². The first kappa shape index (κ1) is 13.7. The third kappa shape index (κ3) is 1.83. The van der Waals surface area contributed by atoms with Crippen LogP contribution < -0.4 is 0 Å². The number of nitrogens with zero attached hydrogens (tertiary/aromatic N) is 2. The standard InChI is InChI=1S/C14H14ClF3N2/c1-8-3-4-10-11(7-8)20(12(19-10)9(2)15)13(5-6-13)14(16,17)18/h3-4,7,9H,5-6H2,1-2H3. The van der Waals surface area contributed by atoms with Gasteiger partial charge in [-0.2, -0.15) is 13.2 Å². The maximum absolute atomic E-state index is 13.4. The molecule has 1 aliphatic carbocycles. The van der Waals surface area contributed by atoms with Gasteiger partial charge in [-0.05, 0) is 44.4 Å². The van der Waals surface area contributed by atoms with Gasteiger partial charge in [0, 0.05) is 0 Å². The van der Waals surface area contributed by atoms with Gasteiger partial charge in [0.2, 0.25) is 0 Å². The van der Waals surface area contributed by atoms with Gasteiger partial charge in [-0.15, -0.1) is 11.6 Å². The van der Waals surface area contributed by atoms with Crippen LogP contribution in [0.4, 0.5) is 13.2 Å². The molecule has 0 amide bonds. The molecule has 1 aliphatic rings. The molecule has 0 aliphatic heterocycles. The van der Waals surface area contributed by atoms with Crippen LogP contribution in [-0.2, 0) is 5.54 Å². The number of imidazole rings is 1. The fourth-order valence-electron chi connectivity index (χ4n) is 2.67. The lowest BCUT2D eigenvalue weighted by atomic mass is 10.2.